The van der Waals surface area contributed by atoms with Crippen LogP contribution in [0.5, 0.6) is 0 Å². The van der Waals surface area contributed by atoms with E-state index in [1.807, 2.05) is 58.0 Å². The summed E-state index contributed by atoms with van der Waals surface area (Å²) >= 11 is 0. The maximum Gasteiger partial charge on any atom is 0.307 e. The number of carboxylic acids is 1. The first kappa shape index (κ1) is 45.0. The molecule has 1 fully saturated rings. The molecule has 0 saturated carbocycles. The van der Waals surface area contributed by atoms with Crippen LogP contribution in [0.25, 0.3) is 0 Å². The predicted molar refractivity (Wildman–Crippen MR) is 200 cm³/mol. The fraction of sp³-hybridized carbons (Fsp3) is 0.725. The van der Waals surface area contributed by atoms with Crippen LogP contribution in [0.1, 0.15) is 78.7 Å². The number of Topliss-reactive ketones (excluding diaryl/α,β-unsaturated/α-hetero) is 2. The van der Waals surface area contributed by atoms with Gasteiger partial charge in [-0.15, -0.1) is 0 Å². The number of ether oxygens (including phenoxy) is 2. The van der Waals surface area contributed by atoms with Crippen molar-refractivity contribution in [3.05, 3.63) is 35.9 Å². The Morgan fingerprint density at radius 2 is 1.56 bits per heavy atom. The lowest BCUT2D eigenvalue weighted by atomic mass is 9.85. The van der Waals surface area contributed by atoms with Crippen molar-refractivity contribution in [3.63, 3.8) is 0 Å². The molecular formula is C40H65N3O9. The summed E-state index contributed by atoms with van der Waals surface area (Å²) in [5.41, 5.74) is 0.842. The number of aliphatic hydroxyl groups is 1. The van der Waals surface area contributed by atoms with Gasteiger partial charge in [0.25, 0.3) is 0 Å². The third-order valence-electron chi connectivity index (χ3n) is 11.2. The number of carboxylic acid groups (broad SMARTS) is 1. The summed E-state index contributed by atoms with van der Waals surface area (Å²) < 4.78 is 11.9. The molecule has 9 atom stereocenters. The van der Waals surface area contributed by atoms with Crippen LogP contribution in [-0.4, -0.2) is 133 Å². The number of carbonyl (C=O) groups is 5. The molecule has 0 bridgehead atoms. The minimum absolute atomic E-state index is 0.00492. The number of ketones is 2. The average Bonchev–Trinajstić information content (AvgIpc) is 3.59. The second-order valence-corrected chi connectivity index (χ2v) is 15.2. The Bertz CT molecular complexity index is 1310. The number of methoxy groups -OCH3 is 2. The van der Waals surface area contributed by atoms with Crippen molar-refractivity contribution in [1.82, 2.24) is 14.7 Å². The van der Waals surface area contributed by atoms with Crippen molar-refractivity contribution in [3.8, 4) is 0 Å². The normalized spacial score (nSPS) is 19.4. The Kier molecular flexibility index (Phi) is 18.6. The fourth-order valence-corrected chi connectivity index (χ4v) is 7.69. The number of amides is 2. The minimum atomic E-state index is -1.03. The van der Waals surface area contributed by atoms with Gasteiger partial charge in [0.1, 0.15) is 5.78 Å². The zero-order chi connectivity index (χ0) is 39.3. The van der Waals surface area contributed by atoms with Gasteiger partial charge in [-0.05, 0) is 50.8 Å². The number of benzene rings is 1. The largest absolute Gasteiger partial charge is 0.481 e. The summed E-state index contributed by atoms with van der Waals surface area (Å²) in [6.45, 7) is 9.72. The highest BCUT2D eigenvalue weighted by atomic mass is 16.5. The Hall–Kier alpha value is -3.19. The zero-order valence-corrected chi connectivity index (χ0v) is 33.1. The van der Waals surface area contributed by atoms with Crippen LogP contribution in [-0.2, 0) is 39.9 Å². The number of nitrogens with zero attached hydrogens (tertiary/aromatic N) is 3. The molecule has 0 spiro atoms. The molecule has 1 aromatic carbocycles. The van der Waals surface area contributed by atoms with E-state index in [0.29, 0.717) is 19.4 Å². The zero-order valence-electron chi connectivity index (χ0n) is 33.1. The molecule has 0 aromatic heterocycles. The van der Waals surface area contributed by atoms with Crippen molar-refractivity contribution in [2.75, 3.05) is 48.5 Å². The molecule has 0 unspecified atom stereocenters. The summed E-state index contributed by atoms with van der Waals surface area (Å²) in [6.07, 6.45) is 0.859. The predicted octanol–water partition coefficient (Wildman–Crippen LogP) is 3.96. The molecule has 52 heavy (non-hydrogen) atoms. The first-order valence-electron chi connectivity index (χ1n) is 18.7. The smallest absolute Gasteiger partial charge is 0.307 e. The van der Waals surface area contributed by atoms with Crippen LogP contribution in [0.4, 0.5) is 0 Å². The van der Waals surface area contributed by atoms with Gasteiger partial charge < -0.3 is 29.5 Å². The second kappa shape index (κ2) is 21.5. The third-order valence-corrected chi connectivity index (χ3v) is 11.2. The van der Waals surface area contributed by atoms with E-state index in [0.717, 1.165) is 12.0 Å². The van der Waals surface area contributed by atoms with Crippen LogP contribution >= 0.6 is 0 Å². The van der Waals surface area contributed by atoms with Gasteiger partial charge in [0.15, 0.2) is 5.78 Å². The van der Waals surface area contributed by atoms with E-state index in [-0.39, 0.29) is 73.5 Å². The molecule has 12 heteroatoms. The van der Waals surface area contributed by atoms with E-state index in [2.05, 4.69) is 0 Å². The highest BCUT2D eigenvalue weighted by molar-refractivity contribution is 5.90. The lowest BCUT2D eigenvalue weighted by Crippen LogP contribution is -2.54. The van der Waals surface area contributed by atoms with Gasteiger partial charge in [0, 0.05) is 52.5 Å². The van der Waals surface area contributed by atoms with E-state index in [9.17, 15) is 34.2 Å². The highest BCUT2D eigenvalue weighted by Crippen LogP contribution is 2.31. The van der Waals surface area contributed by atoms with Gasteiger partial charge >= 0.3 is 5.97 Å². The van der Waals surface area contributed by atoms with Crippen LogP contribution < -0.4 is 0 Å². The molecule has 1 aliphatic rings. The number of carbonyl (C=O) groups excluding carboxylic acids is 4. The number of aliphatic hydroxyl groups excluding tert-OH is 1. The summed E-state index contributed by atoms with van der Waals surface area (Å²) in [4.78, 5) is 72.1. The van der Waals surface area contributed by atoms with E-state index in [4.69, 9.17) is 9.47 Å². The first-order valence-corrected chi connectivity index (χ1v) is 18.7. The summed E-state index contributed by atoms with van der Waals surface area (Å²) in [5, 5.41) is 19.7. The standard InChI is InChI=1S/C40H65N3O9/c1-11-26(4)37(42(8)39(48)30(25(2)3)22-34(46)32(24-44)41(6)7)35(51-9)23-36(47)43-19-15-18-31(43)38(52-10)27(5)33(45)21-29(40(49)50)20-28-16-13-12-14-17-28/h12-14,16-17,25-27,29-32,35,37-38,44H,11,15,18-24H2,1-10H3,(H,49,50)/t26-,27-,29+,30-,31-,32-,35+,37-,38+/m0/s1. The van der Waals surface area contributed by atoms with Crippen molar-refractivity contribution < 1.29 is 43.7 Å². The van der Waals surface area contributed by atoms with Gasteiger partial charge in [-0.1, -0.05) is 71.4 Å². The summed E-state index contributed by atoms with van der Waals surface area (Å²) in [7, 11) is 8.20. The molecule has 294 valence electrons. The first-order chi connectivity index (χ1) is 24.5. The number of likely N-dealkylation sites (N-methyl/N-ethyl adjacent to an activating group) is 2. The third kappa shape index (κ3) is 11.9. The minimum Gasteiger partial charge on any atom is -0.481 e. The van der Waals surface area contributed by atoms with Gasteiger partial charge in [-0.3, -0.25) is 28.9 Å². The Morgan fingerprint density at radius 3 is 2.06 bits per heavy atom. The molecule has 2 N–H and O–H groups in total. The average molecular weight is 732 g/mol. The van der Waals surface area contributed by atoms with E-state index < -0.39 is 48.0 Å². The maximum atomic E-state index is 14.1. The molecule has 2 amide bonds. The van der Waals surface area contributed by atoms with Crippen LogP contribution in [0.2, 0.25) is 0 Å². The van der Waals surface area contributed by atoms with Crippen molar-refractivity contribution in [1.29, 1.82) is 0 Å². The molecule has 1 saturated heterocycles. The van der Waals surface area contributed by atoms with Gasteiger partial charge in [0.2, 0.25) is 11.8 Å². The lowest BCUT2D eigenvalue weighted by molar-refractivity contribution is -0.149. The van der Waals surface area contributed by atoms with Crippen LogP contribution in [0.3, 0.4) is 0 Å². The lowest BCUT2D eigenvalue weighted by Gasteiger charge is -2.41. The maximum absolute atomic E-state index is 14.1. The SMILES string of the molecule is CC[C@H](C)[C@@H]([C@@H](CC(=O)N1CCC[C@H]1[C@H](OC)[C@@H](C)C(=O)C[C@@H](Cc1ccccc1)C(=O)O)OC)N(C)C(=O)[C@@H](CC(=O)[C@H](CO)N(C)C)C(C)C. The van der Waals surface area contributed by atoms with E-state index >= 15 is 0 Å². The van der Waals surface area contributed by atoms with Crippen molar-refractivity contribution in [2.24, 2.45) is 29.6 Å². The second-order valence-electron chi connectivity index (χ2n) is 15.2. The van der Waals surface area contributed by atoms with Gasteiger partial charge in [0.05, 0.1) is 49.3 Å². The topological polar surface area (TPSA) is 154 Å². The molecule has 0 radical (unpaired) electrons. The molecular weight excluding hydrogens is 666 g/mol. The van der Waals surface area contributed by atoms with Crippen molar-refractivity contribution in [2.45, 2.75) is 110 Å². The molecule has 12 nitrogen and oxygen atoms in total. The summed E-state index contributed by atoms with van der Waals surface area (Å²) in [5.74, 6) is -4.19. The van der Waals surface area contributed by atoms with Crippen molar-refractivity contribution >= 4 is 29.4 Å². The van der Waals surface area contributed by atoms with E-state index in [1.54, 1.807) is 42.8 Å². The fourth-order valence-electron chi connectivity index (χ4n) is 7.69. The monoisotopic (exact) mass is 731 g/mol. The molecule has 2 rings (SSSR count). The van der Waals surface area contributed by atoms with Gasteiger partial charge in [-0.2, -0.15) is 0 Å². The number of rotatable bonds is 23. The summed E-state index contributed by atoms with van der Waals surface area (Å²) in [6, 6.07) is 7.67. The van der Waals surface area contributed by atoms with Crippen LogP contribution in [0.15, 0.2) is 30.3 Å². The number of aliphatic carboxylic acids is 1. The van der Waals surface area contributed by atoms with Crippen LogP contribution in [0, 0.1) is 29.6 Å². The quantitative estimate of drug-likeness (QED) is 0.169. The Labute approximate surface area is 311 Å². The molecule has 1 heterocycles. The van der Waals surface area contributed by atoms with Gasteiger partial charge in [-0.25, -0.2) is 0 Å². The number of hydrogen-bond donors (Lipinski definition) is 2. The highest BCUT2D eigenvalue weighted by Gasteiger charge is 2.43. The molecule has 1 aliphatic heterocycles. The molecule has 0 aliphatic carbocycles. The number of likely N-dealkylation sites (tertiary alicyclic amines) is 1. The molecule has 1 aromatic rings. The Balaban J connectivity index is 2.26. The number of hydrogen-bond acceptors (Lipinski definition) is 9. The Morgan fingerprint density at radius 1 is 0.923 bits per heavy atom. The van der Waals surface area contributed by atoms with E-state index in [1.165, 1.54) is 14.2 Å².